The van der Waals surface area contributed by atoms with Crippen LogP contribution in [-0.4, -0.2) is 17.4 Å². The summed E-state index contributed by atoms with van der Waals surface area (Å²) in [5.41, 5.74) is 2.87. The molecule has 0 saturated carbocycles. The van der Waals surface area contributed by atoms with Gasteiger partial charge in [0.05, 0.1) is 5.41 Å². The molecule has 0 spiro atoms. The fourth-order valence-electron chi connectivity index (χ4n) is 3.04. The molecular weight excluding hydrogens is 220 g/mol. The van der Waals surface area contributed by atoms with Gasteiger partial charge in [-0.2, -0.15) is 0 Å². The van der Waals surface area contributed by atoms with Crippen molar-refractivity contribution >= 4 is 0 Å². The number of hydrogen-bond donors (Lipinski definition) is 0. The molecule has 2 aromatic rings. The topological polar surface area (TPSA) is 12.8 Å². The van der Waals surface area contributed by atoms with Gasteiger partial charge < -0.3 is 4.74 Å². The highest BCUT2D eigenvalue weighted by Gasteiger charge is 2.45. The first kappa shape index (κ1) is 11.5. The zero-order valence-electron chi connectivity index (χ0n) is 10.7. The third-order valence-electron chi connectivity index (χ3n) is 3.97. The average Bonchev–Trinajstić information content (AvgIpc) is 2.84. The van der Waals surface area contributed by atoms with Crippen molar-refractivity contribution in [3.63, 3.8) is 0 Å². The predicted molar refractivity (Wildman–Crippen MR) is 74.8 cm³/mol. The fraction of sp³-hybridized carbons (Fsp3) is 0.294. The lowest BCUT2D eigenvalue weighted by molar-refractivity contribution is -0.0533. The molecule has 18 heavy (non-hydrogen) atoms. The van der Waals surface area contributed by atoms with Crippen molar-refractivity contribution in [3.05, 3.63) is 71.8 Å². The molecule has 0 radical (unpaired) electrons. The molecule has 3 rings (SSSR count). The lowest BCUT2D eigenvalue weighted by Crippen LogP contribution is -2.28. The van der Waals surface area contributed by atoms with E-state index in [9.17, 15) is 0 Å². The third kappa shape index (κ3) is 1.85. The van der Waals surface area contributed by atoms with E-state index >= 15 is 0 Å². The fourth-order valence-corrected chi connectivity index (χ4v) is 3.04. The van der Waals surface area contributed by atoms with Crippen LogP contribution in [0.4, 0.5) is 0 Å². The second kappa shape index (κ2) is 4.58. The van der Waals surface area contributed by atoms with Gasteiger partial charge in [-0.05, 0) is 11.1 Å². The first-order valence-corrected chi connectivity index (χ1v) is 6.59. The van der Waals surface area contributed by atoms with E-state index in [1.165, 1.54) is 11.1 Å². The van der Waals surface area contributed by atoms with Crippen LogP contribution >= 0.6 is 0 Å². The Hall–Kier alpha value is -1.60. The monoisotopic (exact) mass is 239 g/mol. The molecule has 2 aromatic carbocycles. The van der Waals surface area contributed by atoms with E-state index < -0.39 is 0 Å². The molecule has 1 fully saturated rings. The van der Waals surface area contributed by atoms with Crippen molar-refractivity contribution in [1.82, 2.24) is 0 Å². The lowest BCUT2D eigenvalue weighted by atomic mass is 9.73. The second-order valence-electron chi connectivity index (χ2n) is 5.21. The quantitative estimate of drug-likeness (QED) is 0.713. The summed E-state index contributed by atoms with van der Waals surface area (Å²) in [5, 5.41) is 0. The SMILES string of the molecule is C[C@H]1CC(c2ccccc2)(c2ccccc2)C[OH+]1. The molecule has 1 aliphatic rings. The molecule has 1 heterocycles. The Morgan fingerprint density at radius 2 is 1.39 bits per heavy atom. The Morgan fingerprint density at radius 3 is 1.78 bits per heavy atom. The summed E-state index contributed by atoms with van der Waals surface area (Å²) in [7, 11) is 0. The smallest absolute Gasteiger partial charge is 0.159 e. The van der Waals surface area contributed by atoms with Crippen LogP contribution in [0.3, 0.4) is 0 Å². The van der Waals surface area contributed by atoms with E-state index in [1.54, 1.807) is 0 Å². The van der Waals surface area contributed by atoms with Crippen LogP contribution in [0.1, 0.15) is 24.5 Å². The van der Waals surface area contributed by atoms with E-state index in [0.29, 0.717) is 6.10 Å². The average molecular weight is 239 g/mol. The highest BCUT2D eigenvalue weighted by Crippen LogP contribution is 2.40. The first-order chi connectivity index (χ1) is 8.81. The number of rotatable bonds is 2. The summed E-state index contributed by atoms with van der Waals surface area (Å²) in [6.07, 6.45) is 1.56. The Labute approximate surface area is 108 Å². The summed E-state index contributed by atoms with van der Waals surface area (Å²) in [4.78, 5) is 0. The predicted octanol–water partition coefficient (Wildman–Crippen LogP) is 3.29. The van der Waals surface area contributed by atoms with Gasteiger partial charge in [0.2, 0.25) is 0 Å². The molecular formula is C17H19O+. The zero-order valence-corrected chi connectivity index (χ0v) is 10.7. The van der Waals surface area contributed by atoms with Crippen molar-refractivity contribution in [2.75, 3.05) is 6.61 Å². The molecule has 1 nitrogen and oxygen atoms in total. The number of ether oxygens (including phenoxy) is 1. The highest BCUT2D eigenvalue weighted by molar-refractivity contribution is 5.40. The molecule has 1 atom stereocenters. The van der Waals surface area contributed by atoms with Crippen LogP contribution in [0, 0.1) is 0 Å². The molecule has 0 bridgehead atoms. The van der Waals surface area contributed by atoms with Gasteiger partial charge in [-0.25, -0.2) is 0 Å². The van der Waals surface area contributed by atoms with Crippen LogP contribution in [-0.2, 0) is 5.41 Å². The van der Waals surface area contributed by atoms with Gasteiger partial charge in [0.25, 0.3) is 0 Å². The van der Waals surface area contributed by atoms with Gasteiger partial charge in [0.15, 0.2) is 12.7 Å². The minimum absolute atomic E-state index is 0.0853. The maximum atomic E-state index is 4.74. The van der Waals surface area contributed by atoms with Gasteiger partial charge in [0.1, 0.15) is 0 Å². The van der Waals surface area contributed by atoms with Crippen molar-refractivity contribution in [2.24, 2.45) is 0 Å². The molecule has 0 amide bonds. The van der Waals surface area contributed by atoms with E-state index in [2.05, 4.69) is 67.6 Å². The largest absolute Gasteiger partial charge is 0.431 e. The van der Waals surface area contributed by atoms with E-state index in [0.717, 1.165) is 13.0 Å². The Balaban J connectivity index is 2.11. The first-order valence-electron chi connectivity index (χ1n) is 6.59. The van der Waals surface area contributed by atoms with Gasteiger partial charge in [-0.15, -0.1) is 0 Å². The molecule has 0 aliphatic carbocycles. The lowest BCUT2D eigenvalue weighted by Gasteiger charge is -2.25. The van der Waals surface area contributed by atoms with Crippen LogP contribution in [0.15, 0.2) is 60.7 Å². The zero-order chi connectivity index (χ0) is 12.4. The van der Waals surface area contributed by atoms with Crippen LogP contribution in [0.2, 0.25) is 0 Å². The second-order valence-corrected chi connectivity index (χ2v) is 5.21. The van der Waals surface area contributed by atoms with E-state index in [1.807, 2.05) is 0 Å². The molecule has 1 aliphatic heterocycles. The number of benzene rings is 2. The van der Waals surface area contributed by atoms with E-state index in [4.69, 9.17) is 4.74 Å². The minimum atomic E-state index is 0.0853. The van der Waals surface area contributed by atoms with Gasteiger partial charge in [-0.1, -0.05) is 60.7 Å². The molecule has 1 N–H and O–H groups in total. The minimum Gasteiger partial charge on any atom is -0.431 e. The summed E-state index contributed by atoms with van der Waals surface area (Å²) >= 11 is 0. The van der Waals surface area contributed by atoms with Crippen molar-refractivity contribution in [2.45, 2.75) is 24.9 Å². The van der Waals surface area contributed by atoms with Gasteiger partial charge >= 0.3 is 0 Å². The van der Waals surface area contributed by atoms with Crippen molar-refractivity contribution in [1.29, 1.82) is 0 Å². The number of aliphatic hydroxyl groups is 2. The molecule has 1 heteroatoms. The third-order valence-corrected chi connectivity index (χ3v) is 3.97. The maximum absolute atomic E-state index is 4.74. The van der Waals surface area contributed by atoms with Gasteiger partial charge in [-0.3, -0.25) is 0 Å². The summed E-state index contributed by atoms with van der Waals surface area (Å²) in [5.74, 6) is 0. The highest BCUT2D eigenvalue weighted by atomic mass is 16.5. The Kier molecular flexibility index (Phi) is 2.92. The molecule has 92 valence electrons. The van der Waals surface area contributed by atoms with Crippen molar-refractivity contribution in [3.8, 4) is 0 Å². The van der Waals surface area contributed by atoms with Crippen LogP contribution in [0.5, 0.6) is 0 Å². The Morgan fingerprint density at radius 1 is 0.889 bits per heavy atom. The maximum Gasteiger partial charge on any atom is 0.159 e. The van der Waals surface area contributed by atoms with Crippen LogP contribution in [0.25, 0.3) is 0 Å². The Bertz CT molecular complexity index is 464. The molecule has 1 saturated heterocycles. The summed E-state index contributed by atoms with van der Waals surface area (Å²) in [6, 6.07) is 21.6. The summed E-state index contributed by atoms with van der Waals surface area (Å²) < 4.78 is 4.74. The normalized spacial score (nSPS) is 21.9. The number of hydrogen-bond acceptors (Lipinski definition) is 0. The van der Waals surface area contributed by atoms with Crippen LogP contribution < -0.4 is 0 Å². The van der Waals surface area contributed by atoms with Gasteiger partial charge in [0, 0.05) is 13.3 Å². The van der Waals surface area contributed by atoms with E-state index in [-0.39, 0.29) is 5.41 Å². The van der Waals surface area contributed by atoms with Crippen molar-refractivity contribution < 1.29 is 4.74 Å². The molecule has 0 aromatic heterocycles. The standard InChI is InChI=1S/C17H18O/c1-14-12-17(13-18-14,15-8-4-2-5-9-15)16-10-6-3-7-11-16/h2-11,14H,12-13H2,1H3/p+1/t14-/m0/s1. The molecule has 0 unspecified atom stereocenters. The summed E-state index contributed by atoms with van der Waals surface area (Å²) in [6.45, 7) is 3.12.